The number of carbonyl (C=O) groups excluding carboxylic acids is 1. The zero-order valence-electron chi connectivity index (χ0n) is 10.2. The summed E-state index contributed by atoms with van der Waals surface area (Å²) in [5.74, 6) is -0.838. The number of nitrogens with one attached hydrogen (secondary N) is 3. The molecular formula is C11H21N3O3. The molecule has 1 fully saturated rings. The van der Waals surface area contributed by atoms with Crippen LogP contribution >= 0.6 is 0 Å². The third-order valence-corrected chi connectivity index (χ3v) is 2.71. The highest BCUT2D eigenvalue weighted by Gasteiger charge is 2.37. The van der Waals surface area contributed by atoms with Crippen molar-refractivity contribution < 1.29 is 14.7 Å². The van der Waals surface area contributed by atoms with Crippen molar-refractivity contribution in [3.05, 3.63) is 0 Å². The van der Waals surface area contributed by atoms with Gasteiger partial charge in [0.15, 0.2) is 0 Å². The average Bonchev–Trinajstić information content (AvgIpc) is 3.09. The molecule has 0 aromatic carbocycles. The van der Waals surface area contributed by atoms with Crippen LogP contribution in [0.3, 0.4) is 0 Å². The third kappa shape index (κ3) is 5.53. The fourth-order valence-corrected chi connectivity index (χ4v) is 1.60. The molecule has 1 aliphatic rings. The van der Waals surface area contributed by atoms with Crippen molar-refractivity contribution in [2.24, 2.45) is 5.92 Å². The number of carboxylic acid groups (broad SMARTS) is 1. The molecule has 0 spiro atoms. The number of urea groups is 1. The largest absolute Gasteiger partial charge is 0.480 e. The first-order valence-corrected chi connectivity index (χ1v) is 6.13. The molecule has 0 aromatic heterocycles. The Bertz CT molecular complexity index is 267. The molecule has 0 bridgehead atoms. The topological polar surface area (TPSA) is 90.5 Å². The Labute approximate surface area is 101 Å². The van der Waals surface area contributed by atoms with Crippen LogP contribution in [0.25, 0.3) is 0 Å². The lowest BCUT2D eigenvalue weighted by Crippen LogP contribution is -2.47. The number of hydrogen-bond donors (Lipinski definition) is 4. The lowest BCUT2D eigenvalue weighted by atomic mass is 10.2. The highest BCUT2D eigenvalue weighted by Crippen LogP contribution is 2.32. The fraction of sp³-hybridized carbons (Fsp3) is 0.818. The van der Waals surface area contributed by atoms with Gasteiger partial charge < -0.3 is 21.1 Å². The molecule has 2 amide bonds. The van der Waals surface area contributed by atoms with E-state index in [2.05, 4.69) is 16.0 Å². The van der Waals surface area contributed by atoms with Crippen LogP contribution in [0.4, 0.5) is 4.79 Å². The Hall–Kier alpha value is -1.30. The van der Waals surface area contributed by atoms with Crippen molar-refractivity contribution in [2.75, 3.05) is 19.6 Å². The zero-order valence-corrected chi connectivity index (χ0v) is 10.2. The van der Waals surface area contributed by atoms with Gasteiger partial charge in [0.05, 0.1) is 0 Å². The van der Waals surface area contributed by atoms with Gasteiger partial charge in [-0.2, -0.15) is 0 Å². The molecule has 0 aromatic rings. The molecule has 1 aliphatic carbocycles. The van der Waals surface area contributed by atoms with Gasteiger partial charge in [-0.3, -0.25) is 0 Å². The minimum absolute atomic E-state index is 0.111. The second kappa shape index (κ2) is 7.11. The van der Waals surface area contributed by atoms with Crippen LogP contribution in [-0.4, -0.2) is 42.8 Å². The van der Waals surface area contributed by atoms with E-state index in [0.717, 1.165) is 32.4 Å². The maximum Gasteiger partial charge on any atom is 0.326 e. The predicted molar refractivity (Wildman–Crippen MR) is 63.8 cm³/mol. The molecule has 0 aliphatic heterocycles. The van der Waals surface area contributed by atoms with Gasteiger partial charge in [-0.25, -0.2) is 9.59 Å². The lowest BCUT2D eigenvalue weighted by molar-refractivity contribution is -0.139. The van der Waals surface area contributed by atoms with Gasteiger partial charge in [0.25, 0.3) is 0 Å². The molecule has 6 nitrogen and oxygen atoms in total. The summed E-state index contributed by atoms with van der Waals surface area (Å²) >= 11 is 0. The third-order valence-electron chi connectivity index (χ3n) is 2.71. The van der Waals surface area contributed by atoms with Crippen LogP contribution in [0, 0.1) is 5.92 Å². The minimum Gasteiger partial charge on any atom is -0.480 e. The summed E-state index contributed by atoms with van der Waals surface area (Å²) in [6, 6.07) is -1.12. The number of carboxylic acids is 1. The standard InChI is InChI=1S/C11H21N3O3/c1-2-12-6-3-7-13-11(17)14-9(10(15)16)8-4-5-8/h8-9,12H,2-7H2,1H3,(H,15,16)(H2,13,14,17). The molecule has 98 valence electrons. The SMILES string of the molecule is CCNCCCNC(=O)NC(C(=O)O)C1CC1. The van der Waals surface area contributed by atoms with E-state index in [-0.39, 0.29) is 11.9 Å². The molecule has 0 saturated heterocycles. The van der Waals surface area contributed by atoms with Gasteiger partial charge in [-0.05, 0) is 38.3 Å². The number of amides is 2. The van der Waals surface area contributed by atoms with Crippen LogP contribution in [0.2, 0.25) is 0 Å². The summed E-state index contributed by atoms with van der Waals surface area (Å²) in [7, 11) is 0. The Morgan fingerprint density at radius 3 is 2.59 bits per heavy atom. The van der Waals surface area contributed by atoms with E-state index >= 15 is 0 Å². The smallest absolute Gasteiger partial charge is 0.326 e. The first-order chi connectivity index (χ1) is 8.15. The summed E-state index contributed by atoms with van der Waals surface area (Å²) in [4.78, 5) is 22.3. The Kier molecular flexibility index (Phi) is 5.76. The summed E-state index contributed by atoms with van der Waals surface area (Å²) in [5, 5.41) is 17.2. The van der Waals surface area contributed by atoms with Gasteiger partial charge >= 0.3 is 12.0 Å². The molecule has 6 heteroatoms. The van der Waals surface area contributed by atoms with E-state index in [9.17, 15) is 9.59 Å². The Morgan fingerprint density at radius 2 is 2.06 bits per heavy atom. The van der Waals surface area contributed by atoms with Crippen LogP contribution < -0.4 is 16.0 Å². The van der Waals surface area contributed by atoms with E-state index in [1.165, 1.54) is 0 Å². The van der Waals surface area contributed by atoms with Crippen LogP contribution in [0.15, 0.2) is 0 Å². The number of rotatable bonds is 8. The molecule has 4 N–H and O–H groups in total. The zero-order chi connectivity index (χ0) is 12.7. The van der Waals surface area contributed by atoms with Crippen molar-refractivity contribution in [3.8, 4) is 0 Å². The summed E-state index contributed by atoms with van der Waals surface area (Å²) in [6.07, 6.45) is 2.61. The molecule has 1 unspecified atom stereocenters. The summed E-state index contributed by atoms with van der Waals surface area (Å²) in [5.41, 5.74) is 0. The molecule has 1 saturated carbocycles. The maximum atomic E-state index is 11.4. The Morgan fingerprint density at radius 1 is 1.35 bits per heavy atom. The monoisotopic (exact) mass is 243 g/mol. The number of carbonyl (C=O) groups is 2. The quantitative estimate of drug-likeness (QED) is 0.457. The normalized spacial score (nSPS) is 16.3. The van der Waals surface area contributed by atoms with E-state index in [0.29, 0.717) is 6.54 Å². The maximum absolute atomic E-state index is 11.4. The van der Waals surface area contributed by atoms with E-state index in [1.807, 2.05) is 6.92 Å². The average molecular weight is 243 g/mol. The molecule has 1 rings (SSSR count). The number of aliphatic carboxylic acids is 1. The lowest BCUT2D eigenvalue weighted by Gasteiger charge is -2.14. The fourth-order valence-electron chi connectivity index (χ4n) is 1.60. The highest BCUT2D eigenvalue weighted by molar-refractivity contribution is 5.83. The van der Waals surface area contributed by atoms with Gasteiger partial charge in [0.2, 0.25) is 0 Å². The van der Waals surface area contributed by atoms with E-state index < -0.39 is 12.0 Å². The van der Waals surface area contributed by atoms with Crippen LogP contribution in [0.1, 0.15) is 26.2 Å². The highest BCUT2D eigenvalue weighted by atomic mass is 16.4. The predicted octanol–water partition coefficient (Wildman–Crippen LogP) is 0.148. The molecular weight excluding hydrogens is 222 g/mol. The van der Waals surface area contributed by atoms with Crippen LogP contribution in [-0.2, 0) is 4.79 Å². The van der Waals surface area contributed by atoms with E-state index in [1.54, 1.807) is 0 Å². The minimum atomic E-state index is -0.949. The second-order valence-electron chi connectivity index (χ2n) is 4.26. The van der Waals surface area contributed by atoms with Gasteiger partial charge in [-0.15, -0.1) is 0 Å². The summed E-state index contributed by atoms with van der Waals surface area (Å²) < 4.78 is 0. The molecule has 0 heterocycles. The van der Waals surface area contributed by atoms with Crippen molar-refractivity contribution in [1.82, 2.24) is 16.0 Å². The van der Waals surface area contributed by atoms with E-state index in [4.69, 9.17) is 5.11 Å². The first kappa shape index (κ1) is 13.8. The molecule has 1 atom stereocenters. The molecule has 0 radical (unpaired) electrons. The first-order valence-electron chi connectivity index (χ1n) is 6.13. The van der Waals surface area contributed by atoms with Crippen molar-refractivity contribution in [1.29, 1.82) is 0 Å². The summed E-state index contributed by atoms with van der Waals surface area (Å²) in [6.45, 7) is 4.33. The molecule has 17 heavy (non-hydrogen) atoms. The second-order valence-corrected chi connectivity index (χ2v) is 4.26. The van der Waals surface area contributed by atoms with Gasteiger partial charge in [-0.1, -0.05) is 6.92 Å². The Balaban J connectivity index is 2.12. The van der Waals surface area contributed by atoms with Crippen molar-refractivity contribution >= 4 is 12.0 Å². The van der Waals surface area contributed by atoms with Gasteiger partial charge in [0, 0.05) is 6.54 Å². The van der Waals surface area contributed by atoms with Crippen molar-refractivity contribution in [3.63, 3.8) is 0 Å². The van der Waals surface area contributed by atoms with Crippen molar-refractivity contribution in [2.45, 2.75) is 32.2 Å². The van der Waals surface area contributed by atoms with Gasteiger partial charge in [0.1, 0.15) is 6.04 Å². The van der Waals surface area contributed by atoms with Crippen LogP contribution in [0.5, 0.6) is 0 Å². The number of hydrogen-bond acceptors (Lipinski definition) is 3.